The summed E-state index contributed by atoms with van der Waals surface area (Å²) >= 11 is 1.43. The summed E-state index contributed by atoms with van der Waals surface area (Å²) in [6.45, 7) is 8.42. The number of hydrogen-bond acceptors (Lipinski definition) is 5. The van der Waals surface area contributed by atoms with Crippen molar-refractivity contribution in [3.8, 4) is 27.5 Å². The topological polar surface area (TPSA) is 64.8 Å². The highest BCUT2D eigenvalue weighted by atomic mass is 32.1. The van der Waals surface area contributed by atoms with E-state index in [1.54, 1.807) is 18.5 Å². The van der Waals surface area contributed by atoms with Crippen molar-refractivity contribution in [2.45, 2.75) is 53.4 Å². The summed E-state index contributed by atoms with van der Waals surface area (Å²) in [6, 6.07) is 11.8. The van der Waals surface area contributed by atoms with Gasteiger partial charge in [-0.1, -0.05) is 45.9 Å². The quantitative estimate of drug-likeness (QED) is 0.334. The number of carbonyl (C=O) groups excluding carboxylic acids is 1. The van der Waals surface area contributed by atoms with E-state index in [4.69, 9.17) is 4.98 Å². The highest BCUT2D eigenvalue weighted by Gasteiger charge is 2.35. The molecule has 1 aromatic carbocycles. The minimum Gasteiger partial charge on any atom is -0.294 e. The van der Waals surface area contributed by atoms with Gasteiger partial charge in [0.15, 0.2) is 5.78 Å². The van der Waals surface area contributed by atoms with E-state index in [-0.39, 0.29) is 16.8 Å². The molecule has 1 aliphatic carbocycles. The number of benzene rings is 1. The number of Topliss-reactive ketones (excluding diaryl/α,β-unsaturated/α-hetero) is 1. The van der Waals surface area contributed by atoms with Gasteiger partial charge in [0.1, 0.15) is 5.01 Å². The maximum absolute atomic E-state index is 14.2. The molecule has 0 atom stereocenters. The Bertz CT molecular complexity index is 1460. The van der Waals surface area contributed by atoms with E-state index in [0.29, 0.717) is 29.0 Å². The number of nitrogens with zero attached hydrogens (tertiary/aromatic N) is 3. The van der Waals surface area contributed by atoms with Crippen LogP contribution in [0.25, 0.3) is 27.5 Å². The lowest BCUT2D eigenvalue weighted by Crippen LogP contribution is -2.35. The molecule has 0 unspecified atom stereocenters. The predicted molar refractivity (Wildman–Crippen MR) is 142 cm³/mol. The van der Waals surface area contributed by atoms with Gasteiger partial charge in [0.05, 0.1) is 16.9 Å². The van der Waals surface area contributed by atoms with Crippen LogP contribution in [0.2, 0.25) is 0 Å². The number of thiazole rings is 1. The molecule has 0 fully saturated rings. The van der Waals surface area contributed by atoms with Gasteiger partial charge in [-0.05, 0) is 54.0 Å². The molecule has 0 aliphatic heterocycles. The standard InChI is InChI=1S/C29H29N3O2S/c1-5-18-8-7-9-19(6-2)26(18)32-24-15-29(3,4)16-25(33)21(24)14-22(28(32)34)27-31-23(17-35-27)20-10-12-30-13-11-20/h7-14,17H,5-6,15-16H2,1-4H3. The fourth-order valence-corrected chi connectivity index (χ4v) is 5.90. The molecule has 0 N–H and O–H groups in total. The van der Waals surface area contributed by atoms with Crippen LogP contribution < -0.4 is 5.56 Å². The molecule has 6 heteroatoms. The smallest absolute Gasteiger partial charge is 0.265 e. The van der Waals surface area contributed by atoms with E-state index in [0.717, 1.165) is 46.6 Å². The normalized spacial score (nSPS) is 14.7. The van der Waals surface area contributed by atoms with Gasteiger partial charge in [-0.25, -0.2) is 4.98 Å². The molecular formula is C29H29N3O2S. The molecule has 0 amide bonds. The number of hydrogen-bond donors (Lipinski definition) is 0. The number of rotatable bonds is 5. The first-order valence-corrected chi connectivity index (χ1v) is 13.0. The lowest BCUT2D eigenvalue weighted by atomic mass is 9.75. The molecule has 1 aliphatic rings. The van der Waals surface area contributed by atoms with Gasteiger partial charge in [-0.3, -0.25) is 19.1 Å². The minimum absolute atomic E-state index is 0.0872. The molecule has 0 saturated heterocycles. The molecule has 178 valence electrons. The van der Waals surface area contributed by atoms with Crippen molar-refractivity contribution in [3.63, 3.8) is 0 Å². The Morgan fingerprint density at radius 1 is 0.971 bits per heavy atom. The van der Waals surface area contributed by atoms with Gasteiger partial charge in [-0.2, -0.15) is 0 Å². The molecular weight excluding hydrogens is 454 g/mol. The van der Waals surface area contributed by atoms with E-state index < -0.39 is 0 Å². The summed E-state index contributed by atoms with van der Waals surface area (Å²) in [5, 5.41) is 2.58. The average molecular weight is 484 g/mol. The zero-order valence-electron chi connectivity index (χ0n) is 20.6. The molecule has 3 aromatic heterocycles. The Kier molecular flexibility index (Phi) is 6.01. The summed E-state index contributed by atoms with van der Waals surface area (Å²) in [7, 11) is 0. The Hall–Kier alpha value is -3.38. The van der Waals surface area contributed by atoms with Crippen molar-refractivity contribution in [2.24, 2.45) is 5.41 Å². The lowest BCUT2D eigenvalue weighted by Gasteiger charge is -2.33. The summed E-state index contributed by atoms with van der Waals surface area (Å²) < 4.78 is 1.84. The SMILES string of the molecule is CCc1cccc(CC)c1-n1c2c(cc(-c3nc(-c4ccncc4)cs3)c1=O)C(=O)CC(C)(C)C2. The van der Waals surface area contributed by atoms with Gasteiger partial charge >= 0.3 is 0 Å². The van der Waals surface area contributed by atoms with Crippen LogP contribution in [-0.2, 0) is 19.3 Å². The Morgan fingerprint density at radius 3 is 2.31 bits per heavy atom. The first kappa shape index (κ1) is 23.4. The monoisotopic (exact) mass is 483 g/mol. The van der Waals surface area contributed by atoms with Crippen molar-refractivity contribution in [1.82, 2.24) is 14.5 Å². The van der Waals surface area contributed by atoms with Crippen LogP contribution >= 0.6 is 11.3 Å². The van der Waals surface area contributed by atoms with Gasteiger partial charge in [0.25, 0.3) is 5.56 Å². The number of aromatic nitrogens is 3. The average Bonchev–Trinajstić information content (AvgIpc) is 3.33. The van der Waals surface area contributed by atoms with Crippen molar-refractivity contribution in [1.29, 1.82) is 0 Å². The third-order valence-corrected chi connectivity index (χ3v) is 7.66. The molecule has 0 bridgehead atoms. The maximum Gasteiger partial charge on any atom is 0.265 e. The molecule has 0 radical (unpaired) electrons. The Balaban J connectivity index is 1.81. The van der Waals surface area contributed by atoms with Gasteiger partial charge in [-0.15, -0.1) is 11.3 Å². The molecule has 5 nitrogen and oxygen atoms in total. The molecule has 4 aromatic rings. The zero-order chi connectivity index (χ0) is 24.7. The van der Waals surface area contributed by atoms with Crippen LogP contribution in [0.4, 0.5) is 0 Å². The van der Waals surface area contributed by atoms with Crippen molar-refractivity contribution in [3.05, 3.63) is 86.9 Å². The predicted octanol–water partition coefficient (Wildman–Crippen LogP) is 6.30. The first-order chi connectivity index (χ1) is 16.8. The van der Waals surface area contributed by atoms with Crippen molar-refractivity contribution >= 4 is 17.1 Å². The van der Waals surface area contributed by atoms with Gasteiger partial charge < -0.3 is 0 Å². The van der Waals surface area contributed by atoms with E-state index in [1.807, 2.05) is 22.1 Å². The van der Waals surface area contributed by atoms with Gasteiger partial charge in [0, 0.05) is 41.0 Å². The maximum atomic E-state index is 14.2. The number of para-hydroxylation sites is 1. The molecule has 5 rings (SSSR count). The van der Waals surface area contributed by atoms with Crippen LogP contribution in [0, 0.1) is 5.41 Å². The van der Waals surface area contributed by atoms with Crippen LogP contribution in [0.5, 0.6) is 0 Å². The zero-order valence-corrected chi connectivity index (χ0v) is 21.4. The molecule has 0 saturated carbocycles. The highest BCUT2D eigenvalue weighted by Crippen LogP contribution is 2.38. The largest absolute Gasteiger partial charge is 0.294 e. The Labute approximate surface area is 209 Å². The second-order valence-electron chi connectivity index (χ2n) is 9.91. The third kappa shape index (κ3) is 4.16. The third-order valence-electron chi connectivity index (χ3n) is 6.79. The number of fused-ring (bicyclic) bond motifs is 1. The molecule has 0 spiro atoms. The van der Waals surface area contributed by atoms with Crippen LogP contribution in [0.3, 0.4) is 0 Å². The summed E-state index contributed by atoms with van der Waals surface area (Å²) in [5.41, 5.74) is 6.52. The van der Waals surface area contributed by atoms with Crippen molar-refractivity contribution < 1.29 is 4.79 Å². The second-order valence-corrected chi connectivity index (χ2v) is 10.8. The molecule has 35 heavy (non-hydrogen) atoms. The molecule has 3 heterocycles. The number of carbonyl (C=O) groups is 1. The fourth-order valence-electron chi connectivity index (χ4n) is 5.06. The lowest BCUT2D eigenvalue weighted by molar-refractivity contribution is 0.0909. The fraction of sp³-hybridized carbons (Fsp3) is 0.310. The summed E-state index contributed by atoms with van der Waals surface area (Å²) in [6.07, 6.45) is 6.20. The van der Waals surface area contributed by atoms with Crippen LogP contribution in [0.15, 0.2) is 59.0 Å². The summed E-state index contributed by atoms with van der Waals surface area (Å²) in [4.78, 5) is 36.5. The van der Waals surface area contributed by atoms with Crippen molar-refractivity contribution in [2.75, 3.05) is 0 Å². The number of pyridine rings is 2. The van der Waals surface area contributed by atoms with E-state index in [2.05, 4.69) is 50.9 Å². The van der Waals surface area contributed by atoms with E-state index in [1.165, 1.54) is 11.3 Å². The van der Waals surface area contributed by atoms with Crippen LogP contribution in [-0.4, -0.2) is 20.3 Å². The van der Waals surface area contributed by atoms with Crippen LogP contribution in [0.1, 0.15) is 61.3 Å². The number of ketones is 1. The Morgan fingerprint density at radius 2 is 1.66 bits per heavy atom. The minimum atomic E-state index is -0.205. The van der Waals surface area contributed by atoms with Gasteiger partial charge in [0.2, 0.25) is 0 Å². The second kappa shape index (κ2) is 9.00. The van der Waals surface area contributed by atoms with E-state index in [9.17, 15) is 9.59 Å². The number of aryl methyl sites for hydroxylation is 2. The highest BCUT2D eigenvalue weighted by molar-refractivity contribution is 7.13. The first-order valence-electron chi connectivity index (χ1n) is 12.1. The van der Waals surface area contributed by atoms with E-state index >= 15 is 0 Å². The summed E-state index contributed by atoms with van der Waals surface area (Å²) in [5.74, 6) is 0.0872.